The molecule has 2 saturated heterocycles. The number of ether oxygens (including phenoxy) is 2. The third-order valence-corrected chi connectivity index (χ3v) is 5.51. The smallest absolute Gasteiger partial charge is 0.387 e. The van der Waals surface area contributed by atoms with Crippen LogP contribution in [0.3, 0.4) is 0 Å². The number of hydrogen-bond acceptors (Lipinski definition) is 7. The Bertz CT molecular complexity index is 1090. The van der Waals surface area contributed by atoms with Gasteiger partial charge in [0.1, 0.15) is 11.6 Å². The summed E-state index contributed by atoms with van der Waals surface area (Å²) in [6.45, 7) is -1.42. The van der Waals surface area contributed by atoms with Gasteiger partial charge in [-0.15, -0.1) is 5.10 Å². The maximum atomic E-state index is 14.5. The number of nitrogens with zero attached hydrogens (tertiary/aromatic N) is 4. The highest BCUT2D eigenvalue weighted by molar-refractivity contribution is 5.68. The molecule has 0 aliphatic carbocycles. The van der Waals surface area contributed by atoms with Gasteiger partial charge in [0.2, 0.25) is 0 Å². The number of hydrogen-bond donors (Lipinski definition) is 1. The van der Waals surface area contributed by atoms with Gasteiger partial charge in [-0.3, -0.25) is 0 Å². The SMILES string of the molecule is Fc1ccc(N2CC3CCC(C2)O3)nc1Nc1cc(-c2ccc(OC(F)F)cc2)cnn1. The van der Waals surface area contributed by atoms with Crippen molar-refractivity contribution in [3.05, 3.63) is 54.5 Å². The second-order valence-corrected chi connectivity index (χ2v) is 7.72. The molecule has 32 heavy (non-hydrogen) atoms. The van der Waals surface area contributed by atoms with Crippen molar-refractivity contribution in [1.29, 1.82) is 0 Å². The predicted octanol–water partition coefficient (Wildman–Crippen LogP) is 4.39. The lowest BCUT2D eigenvalue weighted by atomic mass is 10.1. The van der Waals surface area contributed by atoms with Gasteiger partial charge in [0.25, 0.3) is 0 Å². The second-order valence-electron chi connectivity index (χ2n) is 7.72. The third kappa shape index (κ3) is 4.45. The molecule has 5 rings (SSSR count). The van der Waals surface area contributed by atoms with E-state index in [0.29, 0.717) is 17.2 Å². The zero-order valence-corrected chi connectivity index (χ0v) is 16.9. The first-order valence-corrected chi connectivity index (χ1v) is 10.3. The van der Waals surface area contributed by atoms with Crippen LogP contribution in [0.25, 0.3) is 11.1 Å². The molecule has 2 bridgehead atoms. The summed E-state index contributed by atoms with van der Waals surface area (Å²) in [6, 6.07) is 10.9. The second kappa shape index (κ2) is 8.62. The van der Waals surface area contributed by atoms with Crippen molar-refractivity contribution in [3.8, 4) is 16.9 Å². The van der Waals surface area contributed by atoms with Crippen LogP contribution in [0.5, 0.6) is 5.75 Å². The molecule has 2 atom stereocenters. The average molecular weight is 443 g/mol. The van der Waals surface area contributed by atoms with E-state index < -0.39 is 12.4 Å². The summed E-state index contributed by atoms with van der Waals surface area (Å²) in [4.78, 5) is 6.57. The number of rotatable bonds is 6. The highest BCUT2D eigenvalue weighted by Gasteiger charge is 2.34. The zero-order valence-electron chi connectivity index (χ0n) is 16.9. The fourth-order valence-corrected chi connectivity index (χ4v) is 4.03. The third-order valence-electron chi connectivity index (χ3n) is 5.51. The Labute approximate surface area is 182 Å². The Morgan fingerprint density at radius 2 is 1.78 bits per heavy atom. The maximum absolute atomic E-state index is 14.5. The van der Waals surface area contributed by atoms with Crippen LogP contribution in [0.15, 0.2) is 48.7 Å². The minimum absolute atomic E-state index is 0.0495. The molecule has 166 valence electrons. The molecule has 2 fully saturated rings. The predicted molar refractivity (Wildman–Crippen MR) is 112 cm³/mol. The minimum Gasteiger partial charge on any atom is -0.435 e. The summed E-state index contributed by atoms with van der Waals surface area (Å²) >= 11 is 0. The number of benzene rings is 1. The number of nitrogens with one attached hydrogen (secondary N) is 1. The van der Waals surface area contributed by atoms with Gasteiger partial charge >= 0.3 is 6.61 Å². The fraction of sp³-hybridized carbons (Fsp3) is 0.318. The van der Waals surface area contributed by atoms with Gasteiger partial charge in [-0.25, -0.2) is 9.37 Å². The first-order valence-electron chi connectivity index (χ1n) is 10.3. The van der Waals surface area contributed by atoms with Crippen molar-refractivity contribution in [2.24, 2.45) is 0 Å². The van der Waals surface area contributed by atoms with Gasteiger partial charge in [-0.2, -0.15) is 13.9 Å². The highest BCUT2D eigenvalue weighted by atomic mass is 19.3. The van der Waals surface area contributed by atoms with E-state index in [9.17, 15) is 13.2 Å². The first kappa shape index (κ1) is 20.5. The molecule has 3 aromatic rings. The van der Waals surface area contributed by atoms with E-state index in [0.717, 1.165) is 31.5 Å². The summed E-state index contributed by atoms with van der Waals surface area (Å²) in [5.74, 6) is 0.580. The van der Waals surface area contributed by atoms with Gasteiger partial charge in [0.05, 0.1) is 18.4 Å². The topological polar surface area (TPSA) is 72.4 Å². The lowest BCUT2D eigenvalue weighted by Gasteiger charge is -2.33. The summed E-state index contributed by atoms with van der Waals surface area (Å²) in [6.07, 6.45) is 3.97. The van der Waals surface area contributed by atoms with Crippen LogP contribution in [0.2, 0.25) is 0 Å². The molecule has 0 saturated carbocycles. The number of pyridine rings is 1. The van der Waals surface area contributed by atoms with Crippen LogP contribution in [-0.2, 0) is 4.74 Å². The quantitative estimate of drug-likeness (QED) is 0.606. The van der Waals surface area contributed by atoms with Gasteiger partial charge in [0, 0.05) is 18.7 Å². The van der Waals surface area contributed by atoms with Crippen molar-refractivity contribution >= 4 is 17.5 Å². The fourth-order valence-electron chi connectivity index (χ4n) is 4.03. The molecule has 1 N–H and O–H groups in total. The number of aromatic nitrogens is 3. The van der Waals surface area contributed by atoms with Crippen LogP contribution in [0, 0.1) is 5.82 Å². The minimum atomic E-state index is -2.88. The Kier molecular flexibility index (Phi) is 5.52. The van der Waals surface area contributed by atoms with Gasteiger partial charge in [-0.1, -0.05) is 12.1 Å². The van der Waals surface area contributed by atoms with Gasteiger partial charge in [0.15, 0.2) is 17.5 Å². The lowest BCUT2D eigenvalue weighted by Crippen LogP contribution is -2.43. The Balaban J connectivity index is 1.34. The van der Waals surface area contributed by atoms with Crippen molar-refractivity contribution in [3.63, 3.8) is 0 Å². The molecule has 1 aromatic carbocycles. The standard InChI is InChI=1S/C22H20F3N5O2/c23-18-7-8-20(30-11-16-5-6-17(12-30)31-16)28-21(18)27-19-9-14(10-26-29-19)13-1-3-15(4-2-13)32-22(24)25/h1-4,7-10,16-17,22H,5-6,11-12H2,(H,27,28,29). The van der Waals surface area contributed by atoms with Crippen LogP contribution in [0.4, 0.5) is 30.6 Å². The van der Waals surface area contributed by atoms with Crippen LogP contribution >= 0.6 is 0 Å². The van der Waals surface area contributed by atoms with Crippen LogP contribution in [-0.4, -0.2) is 47.1 Å². The number of halogens is 3. The van der Waals surface area contributed by atoms with E-state index in [-0.39, 0.29) is 23.8 Å². The van der Waals surface area contributed by atoms with Crippen molar-refractivity contribution in [1.82, 2.24) is 15.2 Å². The van der Waals surface area contributed by atoms with Gasteiger partial charge < -0.3 is 19.7 Å². The van der Waals surface area contributed by atoms with Crippen molar-refractivity contribution in [2.45, 2.75) is 31.7 Å². The molecule has 2 aliphatic heterocycles. The molecule has 2 aliphatic rings. The maximum Gasteiger partial charge on any atom is 0.387 e. The lowest BCUT2D eigenvalue weighted by molar-refractivity contribution is -0.0498. The van der Waals surface area contributed by atoms with Crippen LogP contribution < -0.4 is 15.0 Å². The molecule has 4 heterocycles. The van der Waals surface area contributed by atoms with Crippen molar-refractivity contribution < 1.29 is 22.6 Å². The van der Waals surface area contributed by atoms with E-state index in [4.69, 9.17) is 4.74 Å². The summed E-state index contributed by atoms with van der Waals surface area (Å²) in [5, 5.41) is 10.9. The molecule has 0 amide bonds. The molecule has 10 heteroatoms. The summed E-state index contributed by atoms with van der Waals surface area (Å²) in [5.41, 5.74) is 1.39. The molecule has 7 nitrogen and oxygen atoms in total. The number of alkyl halides is 2. The molecule has 0 spiro atoms. The number of anilines is 3. The number of fused-ring (bicyclic) bond motifs is 2. The van der Waals surface area contributed by atoms with E-state index in [1.807, 2.05) is 0 Å². The van der Waals surface area contributed by atoms with E-state index in [1.165, 1.54) is 24.4 Å². The summed E-state index contributed by atoms with van der Waals surface area (Å²) < 4.78 is 49.4. The Morgan fingerprint density at radius 3 is 2.50 bits per heavy atom. The summed E-state index contributed by atoms with van der Waals surface area (Å²) in [7, 11) is 0. The average Bonchev–Trinajstić information content (AvgIpc) is 3.13. The van der Waals surface area contributed by atoms with E-state index >= 15 is 0 Å². The number of morpholine rings is 1. The Hall–Kier alpha value is -3.40. The largest absolute Gasteiger partial charge is 0.435 e. The van der Waals surface area contributed by atoms with E-state index in [2.05, 4.69) is 30.1 Å². The molecular weight excluding hydrogens is 423 g/mol. The normalized spacial score (nSPS) is 19.9. The first-order chi connectivity index (χ1) is 15.5. The highest BCUT2D eigenvalue weighted by Crippen LogP contribution is 2.30. The van der Waals surface area contributed by atoms with Crippen molar-refractivity contribution in [2.75, 3.05) is 23.3 Å². The molecule has 2 unspecified atom stereocenters. The molecular formula is C22H20F3N5O2. The monoisotopic (exact) mass is 443 g/mol. The molecule has 0 radical (unpaired) electrons. The Morgan fingerprint density at radius 1 is 1.03 bits per heavy atom. The van der Waals surface area contributed by atoms with E-state index in [1.54, 1.807) is 24.3 Å². The molecule has 2 aromatic heterocycles. The van der Waals surface area contributed by atoms with Gasteiger partial charge in [-0.05, 0) is 48.7 Å². The zero-order chi connectivity index (χ0) is 22.1. The van der Waals surface area contributed by atoms with Crippen LogP contribution in [0.1, 0.15) is 12.8 Å².